The number of nitrogens with one attached hydrogen (secondary N) is 1. The monoisotopic (exact) mass is 218 g/mol. The SMILES string of the molecule is CNc1ccc(COCc2ccco2)cn1. The van der Waals surface area contributed by atoms with Crippen LogP contribution in [-0.2, 0) is 18.0 Å². The van der Waals surface area contributed by atoms with Crippen molar-refractivity contribution in [3.05, 3.63) is 48.0 Å². The van der Waals surface area contributed by atoms with Gasteiger partial charge >= 0.3 is 0 Å². The lowest BCUT2D eigenvalue weighted by Gasteiger charge is -2.03. The van der Waals surface area contributed by atoms with Crippen molar-refractivity contribution >= 4 is 5.82 Å². The van der Waals surface area contributed by atoms with Crippen molar-refractivity contribution in [3.8, 4) is 0 Å². The molecule has 0 radical (unpaired) electrons. The summed E-state index contributed by atoms with van der Waals surface area (Å²) in [7, 11) is 1.84. The van der Waals surface area contributed by atoms with E-state index in [-0.39, 0.29) is 0 Å². The zero-order valence-corrected chi connectivity index (χ0v) is 9.14. The molecule has 2 aromatic heterocycles. The van der Waals surface area contributed by atoms with E-state index in [1.54, 1.807) is 12.5 Å². The van der Waals surface area contributed by atoms with Crippen LogP contribution < -0.4 is 5.32 Å². The van der Waals surface area contributed by atoms with E-state index >= 15 is 0 Å². The average molecular weight is 218 g/mol. The quantitative estimate of drug-likeness (QED) is 0.837. The van der Waals surface area contributed by atoms with Crippen LogP contribution in [0.3, 0.4) is 0 Å². The van der Waals surface area contributed by atoms with E-state index in [4.69, 9.17) is 9.15 Å². The van der Waals surface area contributed by atoms with Gasteiger partial charge in [-0.15, -0.1) is 0 Å². The minimum Gasteiger partial charge on any atom is -0.467 e. The fourth-order valence-corrected chi connectivity index (χ4v) is 1.32. The van der Waals surface area contributed by atoms with Crippen LogP contribution in [0, 0.1) is 0 Å². The second-order valence-electron chi connectivity index (χ2n) is 3.37. The van der Waals surface area contributed by atoms with Gasteiger partial charge in [0.25, 0.3) is 0 Å². The largest absolute Gasteiger partial charge is 0.467 e. The molecule has 16 heavy (non-hydrogen) atoms. The Bertz CT molecular complexity index is 409. The molecule has 0 spiro atoms. The van der Waals surface area contributed by atoms with Crippen LogP contribution in [0.5, 0.6) is 0 Å². The predicted octanol–water partition coefficient (Wildman–Crippen LogP) is 2.43. The second-order valence-corrected chi connectivity index (χ2v) is 3.37. The zero-order chi connectivity index (χ0) is 11.2. The van der Waals surface area contributed by atoms with Crippen LogP contribution in [0.25, 0.3) is 0 Å². The van der Waals surface area contributed by atoms with Gasteiger partial charge in [0.15, 0.2) is 0 Å². The molecule has 0 amide bonds. The Morgan fingerprint density at radius 2 is 2.25 bits per heavy atom. The molecule has 0 atom stereocenters. The lowest BCUT2D eigenvalue weighted by atomic mass is 10.3. The van der Waals surface area contributed by atoms with Gasteiger partial charge in [-0.05, 0) is 23.8 Å². The van der Waals surface area contributed by atoms with E-state index in [0.29, 0.717) is 13.2 Å². The Hall–Kier alpha value is -1.81. The van der Waals surface area contributed by atoms with Gasteiger partial charge in [-0.25, -0.2) is 4.98 Å². The average Bonchev–Trinajstić information content (AvgIpc) is 2.83. The van der Waals surface area contributed by atoms with Crippen molar-refractivity contribution in [1.82, 2.24) is 4.98 Å². The van der Waals surface area contributed by atoms with Crippen molar-refractivity contribution in [2.75, 3.05) is 12.4 Å². The molecule has 0 aliphatic carbocycles. The standard InChI is InChI=1S/C12H14N2O2/c1-13-12-5-4-10(7-14-12)8-15-9-11-3-2-6-16-11/h2-7H,8-9H2,1H3,(H,13,14). The molecule has 0 unspecified atom stereocenters. The fraction of sp³-hybridized carbons (Fsp3) is 0.250. The number of hydrogen-bond donors (Lipinski definition) is 1. The first-order valence-electron chi connectivity index (χ1n) is 5.11. The smallest absolute Gasteiger partial charge is 0.129 e. The third-order valence-corrected chi connectivity index (χ3v) is 2.17. The highest BCUT2D eigenvalue weighted by Gasteiger charge is 1.97. The Morgan fingerprint density at radius 3 is 2.88 bits per heavy atom. The van der Waals surface area contributed by atoms with E-state index in [1.807, 2.05) is 31.3 Å². The van der Waals surface area contributed by atoms with Crippen LogP contribution in [0.2, 0.25) is 0 Å². The van der Waals surface area contributed by atoms with Gasteiger partial charge in [0, 0.05) is 13.2 Å². The maximum Gasteiger partial charge on any atom is 0.129 e. The summed E-state index contributed by atoms with van der Waals surface area (Å²) >= 11 is 0. The predicted molar refractivity (Wildman–Crippen MR) is 61.0 cm³/mol. The van der Waals surface area contributed by atoms with Gasteiger partial charge in [0.1, 0.15) is 18.2 Å². The first kappa shape index (κ1) is 10.7. The van der Waals surface area contributed by atoms with Gasteiger partial charge in [-0.2, -0.15) is 0 Å². The first-order chi connectivity index (χ1) is 7.88. The molecule has 84 valence electrons. The molecule has 0 saturated carbocycles. The molecule has 0 fully saturated rings. The number of pyridine rings is 1. The van der Waals surface area contributed by atoms with Crippen LogP contribution in [0.4, 0.5) is 5.82 Å². The summed E-state index contributed by atoms with van der Waals surface area (Å²) in [6.07, 6.45) is 3.44. The summed E-state index contributed by atoms with van der Waals surface area (Å²) in [6, 6.07) is 7.65. The van der Waals surface area contributed by atoms with E-state index in [2.05, 4.69) is 10.3 Å². The van der Waals surface area contributed by atoms with E-state index in [0.717, 1.165) is 17.1 Å². The summed E-state index contributed by atoms with van der Waals surface area (Å²) in [5, 5.41) is 2.97. The summed E-state index contributed by atoms with van der Waals surface area (Å²) in [5.41, 5.74) is 1.05. The Kier molecular flexibility index (Phi) is 3.56. The van der Waals surface area contributed by atoms with Crippen molar-refractivity contribution < 1.29 is 9.15 Å². The highest BCUT2D eigenvalue weighted by Crippen LogP contribution is 2.07. The maximum atomic E-state index is 5.48. The van der Waals surface area contributed by atoms with E-state index < -0.39 is 0 Å². The molecule has 0 aromatic carbocycles. The van der Waals surface area contributed by atoms with Crippen LogP contribution >= 0.6 is 0 Å². The van der Waals surface area contributed by atoms with Gasteiger partial charge in [0.05, 0.1) is 12.9 Å². The molecule has 0 aliphatic rings. The summed E-state index contributed by atoms with van der Waals surface area (Å²) in [6.45, 7) is 1.03. The van der Waals surface area contributed by atoms with E-state index in [9.17, 15) is 0 Å². The number of ether oxygens (including phenoxy) is 1. The molecule has 4 heteroatoms. The highest BCUT2D eigenvalue weighted by molar-refractivity contribution is 5.34. The van der Waals surface area contributed by atoms with E-state index in [1.165, 1.54) is 0 Å². The second kappa shape index (κ2) is 5.32. The molecular formula is C12H14N2O2. The molecule has 2 heterocycles. The van der Waals surface area contributed by atoms with Gasteiger partial charge in [-0.1, -0.05) is 6.07 Å². The van der Waals surface area contributed by atoms with Crippen molar-refractivity contribution in [3.63, 3.8) is 0 Å². The van der Waals surface area contributed by atoms with Gasteiger partial charge < -0.3 is 14.5 Å². The van der Waals surface area contributed by atoms with Crippen molar-refractivity contribution in [2.45, 2.75) is 13.2 Å². The molecule has 4 nitrogen and oxygen atoms in total. The molecule has 1 N–H and O–H groups in total. The number of nitrogens with zero attached hydrogens (tertiary/aromatic N) is 1. The third-order valence-electron chi connectivity index (χ3n) is 2.17. The first-order valence-corrected chi connectivity index (χ1v) is 5.11. The lowest BCUT2D eigenvalue weighted by Crippen LogP contribution is -1.96. The number of aromatic nitrogens is 1. The topological polar surface area (TPSA) is 47.3 Å². The fourth-order valence-electron chi connectivity index (χ4n) is 1.32. The normalized spacial score (nSPS) is 10.3. The highest BCUT2D eigenvalue weighted by atomic mass is 16.5. The Morgan fingerprint density at radius 1 is 1.31 bits per heavy atom. The third kappa shape index (κ3) is 2.84. The number of anilines is 1. The molecule has 0 aliphatic heterocycles. The van der Waals surface area contributed by atoms with Gasteiger partial charge in [0.2, 0.25) is 0 Å². The minimum absolute atomic E-state index is 0.487. The van der Waals surface area contributed by atoms with Crippen molar-refractivity contribution in [1.29, 1.82) is 0 Å². The minimum atomic E-state index is 0.487. The van der Waals surface area contributed by atoms with Crippen LogP contribution in [-0.4, -0.2) is 12.0 Å². The zero-order valence-electron chi connectivity index (χ0n) is 9.14. The number of furan rings is 1. The maximum absolute atomic E-state index is 5.48. The van der Waals surface area contributed by atoms with Gasteiger partial charge in [-0.3, -0.25) is 0 Å². The molecule has 2 rings (SSSR count). The van der Waals surface area contributed by atoms with Crippen LogP contribution in [0.1, 0.15) is 11.3 Å². The Labute approximate surface area is 94.3 Å². The summed E-state index contributed by atoms with van der Waals surface area (Å²) in [4.78, 5) is 4.20. The molecular weight excluding hydrogens is 204 g/mol. The van der Waals surface area contributed by atoms with Crippen LogP contribution in [0.15, 0.2) is 41.1 Å². The number of hydrogen-bond acceptors (Lipinski definition) is 4. The summed E-state index contributed by atoms with van der Waals surface area (Å²) in [5.74, 6) is 1.69. The number of rotatable bonds is 5. The lowest BCUT2D eigenvalue weighted by molar-refractivity contribution is 0.0928. The molecule has 2 aromatic rings. The molecule has 0 bridgehead atoms. The summed E-state index contributed by atoms with van der Waals surface area (Å²) < 4.78 is 10.6. The van der Waals surface area contributed by atoms with Crippen molar-refractivity contribution in [2.24, 2.45) is 0 Å². The molecule has 0 saturated heterocycles. The Balaban J connectivity index is 1.81.